The van der Waals surface area contributed by atoms with Crippen molar-refractivity contribution in [2.24, 2.45) is 0 Å². The van der Waals surface area contributed by atoms with Gasteiger partial charge in [0.05, 0.1) is 0 Å². The van der Waals surface area contributed by atoms with E-state index in [0.29, 0.717) is 17.1 Å². The summed E-state index contributed by atoms with van der Waals surface area (Å²) in [6.45, 7) is 0.862. The number of unbranched alkanes of at least 4 members (excludes halogenated alkanes) is 1. The Hall–Kier alpha value is -1.34. The molecule has 1 amide bonds. The van der Waals surface area contributed by atoms with Crippen molar-refractivity contribution in [3.63, 3.8) is 0 Å². The molecule has 0 saturated heterocycles. The monoisotopic (exact) mass is 244 g/mol. The van der Waals surface area contributed by atoms with Crippen molar-refractivity contribution in [2.75, 3.05) is 31.2 Å². The molecule has 5 N–H and O–H groups in total. The summed E-state index contributed by atoms with van der Waals surface area (Å²) in [5.41, 5.74) is 6.01. The zero-order valence-corrected chi connectivity index (χ0v) is 9.93. The van der Waals surface area contributed by atoms with Gasteiger partial charge in [0, 0.05) is 20.2 Å². The van der Waals surface area contributed by atoms with Crippen LogP contribution in [-0.4, -0.2) is 35.6 Å². The lowest BCUT2D eigenvalue weighted by atomic mass is 10.3. The van der Waals surface area contributed by atoms with Crippen molar-refractivity contribution in [2.45, 2.75) is 12.8 Å². The van der Waals surface area contributed by atoms with Crippen molar-refractivity contribution < 1.29 is 9.90 Å². The fourth-order valence-electron chi connectivity index (χ4n) is 1.21. The summed E-state index contributed by atoms with van der Waals surface area (Å²) >= 11 is 1.17. The number of carbonyl (C=O) groups excluding carboxylic acids is 1. The average molecular weight is 244 g/mol. The van der Waals surface area contributed by atoms with E-state index < -0.39 is 0 Å². The van der Waals surface area contributed by atoms with Crippen molar-refractivity contribution in [1.29, 1.82) is 0 Å². The van der Waals surface area contributed by atoms with Crippen LogP contribution in [0, 0.1) is 0 Å². The molecule has 1 aromatic heterocycles. The fraction of sp³-hybridized carbons (Fsp3) is 0.556. The first kappa shape index (κ1) is 12.7. The van der Waals surface area contributed by atoms with Crippen LogP contribution in [0.1, 0.15) is 23.2 Å². The van der Waals surface area contributed by atoms with E-state index in [9.17, 15) is 4.79 Å². The van der Waals surface area contributed by atoms with Crippen LogP contribution in [0.2, 0.25) is 0 Å². The maximum atomic E-state index is 11.5. The van der Waals surface area contributed by atoms with Gasteiger partial charge in [-0.25, -0.2) is 0 Å². The number of nitrogens with zero attached hydrogens (tertiary/aromatic N) is 1. The molecule has 90 valence electrons. The van der Waals surface area contributed by atoms with Gasteiger partial charge in [-0.1, -0.05) is 0 Å². The van der Waals surface area contributed by atoms with E-state index in [0.717, 1.165) is 12.8 Å². The number of aliphatic hydroxyl groups excluding tert-OH is 1. The first-order valence-corrected chi connectivity index (χ1v) is 5.80. The smallest absolute Gasteiger partial charge is 0.257 e. The molecule has 0 unspecified atom stereocenters. The van der Waals surface area contributed by atoms with Crippen LogP contribution in [0.3, 0.4) is 0 Å². The topological polar surface area (TPSA) is 100 Å². The van der Waals surface area contributed by atoms with E-state index in [1.54, 1.807) is 7.05 Å². The number of anilines is 2. The minimum Gasteiger partial charge on any atom is -0.396 e. The molecule has 1 aromatic rings. The summed E-state index contributed by atoms with van der Waals surface area (Å²) in [5, 5.41) is 14.9. The molecular formula is C9H16N4O2S. The maximum Gasteiger partial charge on any atom is 0.257 e. The van der Waals surface area contributed by atoms with Crippen LogP contribution in [0.5, 0.6) is 0 Å². The molecule has 0 aliphatic heterocycles. The molecule has 0 fully saturated rings. The largest absolute Gasteiger partial charge is 0.396 e. The number of aromatic nitrogens is 1. The number of nitrogen functional groups attached to an aromatic ring is 1. The fourth-order valence-corrected chi connectivity index (χ4v) is 1.94. The molecule has 16 heavy (non-hydrogen) atoms. The second-order valence-corrected chi connectivity index (χ2v) is 3.98. The van der Waals surface area contributed by atoms with Crippen LogP contribution >= 0.6 is 11.5 Å². The van der Waals surface area contributed by atoms with Gasteiger partial charge in [0.1, 0.15) is 10.6 Å². The molecule has 0 aliphatic rings. The molecule has 0 bridgehead atoms. The van der Waals surface area contributed by atoms with Gasteiger partial charge in [-0.3, -0.25) is 4.79 Å². The summed E-state index contributed by atoms with van der Waals surface area (Å²) in [6.07, 6.45) is 1.57. The van der Waals surface area contributed by atoms with Crippen molar-refractivity contribution >= 4 is 28.3 Å². The quantitative estimate of drug-likeness (QED) is 0.538. The Morgan fingerprint density at radius 1 is 1.56 bits per heavy atom. The Morgan fingerprint density at radius 2 is 2.31 bits per heavy atom. The van der Waals surface area contributed by atoms with Gasteiger partial charge < -0.3 is 21.5 Å². The molecule has 1 heterocycles. The third-order valence-corrected chi connectivity index (χ3v) is 2.86. The lowest BCUT2D eigenvalue weighted by Gasteiger charge is -2.05. The Morgan fingerprint density at radius 3 is 2.94 bits per heavy atom. The third kappa shape index (κ3) is 3.07. The molecule has 0 saturated carbocycles. The highest BCUT2D eigenvalue weighted by molar-refractivity contribution is 7.11. The van der Waals surface area contributed by atoms with E-state index in [1.807, 2.05) is 0 Å². The summed E-state index contributed by atoms with van der Waals surface area (Å²) < 4.78 is 3.93. The average Bonchev–Trinajstić information content (AvgIpc) is 2.65. The van der Waals surface area contributed by atoms with E-state index in [-0.39, 0.29) is 18.3 Å². The van der Waals surface area contributed by atoms with Crippen LogP contribution in [-0.2, 0) is 0 Å². The van der Waals surface area contributed by atoms with E-state index in [4.69, 9.17) is 10.8 Å². The molecule has 6 nitrogen and oxygen atoms in total. The number of nitrogens with one attached hydrogen (secondary N) is 2. The van der Waals surface area contributed by atoms with Gasteiger partial charge in [-0.2, -0.15) is 4.37 Å². The van der Waals surface area contributed by atoms with Gasteiger partial charge >= 0.3 is 0 Å². The second-order valence-electron chi connectivity index (χ2n) is 3.21. The Labute approximate surface area is 98.0 Å². The lowest BCUT2D eigenvalue weighted by Crippen LogP contribution is -2.20. The SMILES string of the molecule is CNC(=O)c1c(N)nsc1NCCCCO. The number of hydrogen-bond acceptors (Lipinski definition) is 6. The number of carbonyl (C=O) groups is 1. The molecule has 0 atom stereocenters. The zero-order chi connectivity index (χ0) is 12.0. The highest BCUT2D eigenvalue weighted by Crippen LogP contribution is 2.26. The van der Waals surface area contributed by atoms with E-state index in [2.05, 4.69) is 15.0 Å². The summed E-state index contributed by atoms with van der Waals surface area (Å²) in [4.78, 5) is 11.5. The van der Waals surface area contributed by atoms with Crippen LogP contribution in [0.25, 0.3) is 0 Å². The predicted molar refractivity (Wildman–Crippen MR) is 64.7 cm³/mol. The molecule has 0 aromatic carbocycles. The summed E-state index contributed by atoms with van der Waals surface area (Å²) in [7, 11) is 1.55. The Balaban J connectivity index is 2.62. The predicted octanol–water partition coefficient (Wildman–Crippen LogP) is 0.269. The molecular weight excluding hydrogens is 228 g/mol. The van der Waals surface area contributed by atoms with Gasteiger partial charge in [-0.05, 0) is 24.4 Å². The molecule has 7 heteroatoms. The van der Waals surface area contributed by atoms with Gasteiger partial charge in [0.15, 0.2) is 5.82 Å². The molecule has 0 aliphatic carbocycles. The van der Waals surface area contributed by atoms with Crippen molar-refractivity contribution in [1.82, 2.24) is 9.69 Å². The van der Waals surface area contributed by atoms with Crippen LogP contribution < -0.4 is 16.4 Å². The summed E-state index contributed by atoms with van der Waals surface area (Å²) in [6, 6.07) is 0. The Kier molecular flexibility index (Phi) is 5.00. The highest BCUT2D eigenvalue weighted by Gasteiger charge is 2.17. The third-order valence-electron chi connectivity index (χ3n) is 2.04. The number of hydrogen-bond donors (Lipinski definition) is 4. The van der Waals surface area contributed by atoms with Gasteiger partial charge in [0.2, 0.25) is 0 Å². The van der Waals surface area contributed by atoms with Crippen LogP contribution in [0.15, 0.2) is 0 Å². The standard InChI is InChI=1S/C9H16N4O2S/c1-11-8(15)6-7(10)13-16-9(6)12-4-2-3-5-14/h12,14H,2-5H2,1H3,(H2,10,13)(H,11,15). The number of amides is 1. The van der Waals surface area contributed by atoms with Crippen molar-refractivity contribution in [3.05, 3.63) is 5.56 Å². The first-order valence-electron chi connectivity index (χ1n) is 5.02. The lowest BCUT2D eigenvalue weighted by molar-refractivity contribution is 0.0965. The molecule has 0 radical (unpaired) electrons. The summed E-state index contributed by atoms with van der Waals surface area (Å²) in [5.74, 6) is 0.00455. The van der Waals surface area contributed by atoms with Crippen LogP contribution in [0.4, 0.5) is 10.8 Å². The molecule has 1 rings (SSSR count). The minimum absolute atomic E-state index is 0.175. The van der Waals surface area contributed by atoms with Gasteiger partial charge in [-0.15, -0.1) is 0 Å². The second kappa shape index (κ2) is 6.29. The number of aliphatic hydroxyl groups is 1. The first-order chi connectivity index (χ1) is 7.70. The normalized spacial score (nSPS) is 10.1. The zero-order valence-electron chi connectivity index (χ0n) is 9.12. The number of rotatable bonds is 6. The maximum absolute atomic E-state index is 11.5. The van der Waals surface area contributed by atoms with E-state index >= 15 is 0 Å². The number of nitrogens with two attached hydrogens (primary N) is 1. The van der Waals surface area contributed by atoms with Gasteiger partial charge in [0.25, 0.3) is 5.91 Å². The Bertz CT molecular complexity index is 353. The molecule has 0 spiro atoms. The van der Waals surface area contributed by atoms with E-state index in [1.165, 1.54) is 11.5 Å². The highest BCUT2D eigenvalue weighted by atomic mass is 32.1. The minimum atomic E-state index is -0.240. The van der Waals surface area contributed by atoms with Crippen molar-refractivity contribution in [3.8, 4) is 0 Å².